The Hall–Kier alpha value is -3.21. The Labute approximate surface area is 193 Å². The zero-order valence-electron chi connectivity index (χ0n) is 18.5. The van der Waals surface area contributed by atoms with Crippen LogP contribution in [0.3, 0.4) is 0 Å². The molecule has 0 fully saturated rings. The minimum Gasteiger partial charge on any atom is -0.340 e. The normalized spacial score (nSPS) is 13.1. The molecule has 0 spiro atoms. The van der Waals surface area contributed by atoms with E-state index in [1.807, 2.05) is 29.2 Å². The second kappa shape index (κ2) is 9.51. The van der Waals surface area contributed by atoms with E-state index in [2.05, 4.69) is 46.5 Å². The largest absolute Gasteiger partial charge is 0.340 e. The van der Waals surface area contributed by atoms with Gasteiger partial charge >= 0.3 is 0 Å². The Morgan fingerprint density at radius 3 is 2.91 bits per heavy atom. The molecule has 0 saturated heterocycles. The standard InChI is InChI=1S/C25H27N5OS/c1-5-18-9-8-10-19(13-18)28-23-22-20-11-12-30(15-21(20)32-24(22)27-16-26-23)25(31)17(4)14-29(6-2)7-3/h1,8-10,13,16H,4,6-7,11-12,14-15H2,2-3H3,(H,26,27,28). The molecule has 3 heterocycles. The van der Waals surface area contributed by atoms with E-state index in [1.54, 1.807) is 17.7 Å². The van der Waals surface area contributed by atoms with Crippen LogP contribution in [0.4, 0.5) is 11.5 Å². The van der Waals surface area contributed by atoms with Crippen molar-refractivity contribution in [2.75, 3.05) is 31.5 Å². The molecule has 32 heavy (non-hydrogen) atoms. The van der Waals surface area contributed by atoms with Crippen LogP contribution in [-0.2, 0) is 17.8 Å². The van der Waals surface area contributed by atoms with E-state index >= 15 is 0 Å². The van der Waals surface area contributed by atoms with Crippen LogP contribution in [-0.4, -0.2) is 51.9 Å². The summed E-state index contributed by atoms with van der Waals surface area (Å²) in [5.41, 5.74) is 3.57. The number of fused-ring (bicyclic) bond motifs is 3. The molecule has 1 N–H and O–H groups in total. The molecule has 2 aromatic heterocycles. The molecular formula is C25H27N5OS. The molecule has 1 amide bonds. The molecule has 0 aliphatic carbocycles. The first-order valence-corrected chi connectivity index (χ1v) is 11.6. The predicted molar refractivity (Wildman–Crippen MR) is 131 cm³/mol. The van der Waals surface area contributed by atoms with E-state index in [1.165, 1.54) is 5.56 Å². The second-order valence-corrected chi connectivity index (χ2v) is 8.88. The van der Waals surface area contributed by atoms with Gasteiger partial charge in [0.25, 0.3) is 5.91 Å². The molecule has 0 bridgehead atoms. The Morgan fingerprint density at radius 1 is 1.34 bits per heavy atom. The molecule has 0 unspecified atom stereocenters. The first-order valence-electron chi connectivity index (χ1n) is 10.8. The Balaban J connectivity index is 1.57. The molecule has 1 aliphatic rings. The fourth-order valence-electron chi connectivity index (χ4n) is 4.03. The number of thiophene rings is 1. The monoisotopic (exact) mass is 445 g/mol. The smallest absolute Gasteiger partial charge is 0.250 e. The highest BCUT2D eigenvalue weighted by Crippen LogP contribution is 2.38. The van der Waals surface area contributed by atoms with Crippen molar-refractivity contribution >= 4 is 39.0 Å². The summed E-state index contributed by atoms with van der Waals surface area (Å²) in [4.78, 5) is 28.2. The third kappa shape index (κ3) is 4.38. The molecule has 164 valence electrons. The molecule has 0 radical (unpaired) electrons. The fraction of sp³-hybridized carbons (Fsp3) is 0.320. The van der Waals surface area contributed by atoms with Crippen molar-refractivity contribution in [1.29, 1.82) is 0 Å². The first-order chi connectivity index (χ1) is 15.5. The van der Waals surface area contributed by atoms with Crippen molar-refractivity contribution in [2.45, 2.75) is 26.8 Å². The molecule has 0 atom stereocenters. The van der Waals surface area contributed by atoms with Crippen molar-refractivity contribution < 1.29 is 4.79 Å². The van der Waals surface area contributed by atoms with E-state index in [0.717, 1.165) is 51.7 Å². The summed E-state index contributed by atoms with van der Waals surface area (Å²) in [5.74, 6) is 3.47. The number of nitrogens with zero attached hydrogens (tertiary/aromatic N) is 4. The number of aromatic nitrogens is 2. The molecule has 4 rings (SSSR count). The summed E-state index contributed by atoms with van der Waals surface area (Å²) in [6, 6.07) is 7.71. The summed E-state index contributed by atoms with van der Waals surface area (Å²) >= 11 is 1.63. The fourth-order valence-corrected chi connectivity index (χ4v) is 5.23. The number of benzene rings is 1. The predicted octanol–water partition coefficient (Wildman–Crippen LogP) is 4.20. The summed E-state index contributed by atoms with van der Waals surface area (Å²) < 4.78 is 0. The van der Waals surface area contributed by atoms with Gasteiger partial charge in [-0.2, -0.15) is 0 Å². The lowest BCUT2D eigenvalue weighted by atomic mass is 10.0. The minimum absolute atomic E-state index is 0.0375. The summed E-state index contributed by atoms with van der Waals surface area (Å²) in [5, 5.41) is 4.44. The molecule has 0 saturated carbocycles. The van der Waals surface area contributed by atoms with Crippen molar-refractivity contribution in [3.05, 3.63) is 58.7 Å². The van der Waals surface area contributed by atoms with Gasteiger partial charge in [-0.3, -0.25) is 9.69 Å². The second-order valence-electron chi connectivity index (χ2n) is 7.80. The highest BCUT2D eigenvalue weighted by Gasteiger charge is 2.27. The van der Waals surface area contributed by atoms with Gasteiger partial charge in [0.1, 0.15) is 17.0 Å². The van der Waals surface area contributed by atoms with Crippen LogP contribution in [0.2, 0.25) is 0 Å². The van der Waals surface area contributed by atoms with Crippen LogP contribution in [0.1, 0.15) is 29.9 Å². The maximum Gasteiger partial charge on any atom is 0.250 e. The molecular weight excluding hydrogens is 418 g/mol. The number of nitrogens with one attached hydrogen (secondary N) is 1. The molecule has 7 heteroatoms. The zero-order chi connectivity index (χ0) is 22.7. The lowest BCUT2D eigenvalue weighted by Gasteiger charge is -2.29. The quantitative estimate of drug-likeness (QED) is 0.436. The van der Waals surface area contributed by atoms with Gasteiger partial charge in [0.15, 0.2) is 0 Å². The van der Waals surface area contributed by atoms with E-state index in [0.29, 0.717) is 25.2 Å². The summed E-state index contributed by atoms with van der Waals surface area (Å²) in [6.45, 7) is 11.9. The number of carbonyl (C=O) groups is 1. The lowest BCUT2D eigenvalue weighted by Crippen LogP contribution is -2.39. The number of terminal acetylenes is 1. The zero-order valence-corrected chi connectivity index (χ0v) is 19.3. The van der Waals surface area contributed by atoms with Gasteiger partial charge in [-0.1, -0.05) is 32.4 Å². The minimum atomic E-state index is 0.0375. The van der Waals surface area contributed by atoms with Crippen molar-refractivity contribution in [1.82, 2.24) is 19.8 Å². The van der Waals surface area contributed by atoms with Crippen molar-refractivity contribution in [3.63, 3.8) is 0 Å². The molecule has 3 aromatic rings. The molecule has 6 nitrogen and oxygen atoms in total. The number of amides is 1. The van der Waals surface area contributed by atoms with Gasteiger partial charge in [-0.15, -0.1) is 17.8 Å². The Bertz CT molecular complexity index is 1200. The highest BCUT2D eigenvalue weighted by molar-refractivity contribution is 7.19. The van der Waals surface area contributed by atoms with E-state index < -0.39 is 0 Å². The van der Waals surface area contributed by atoms with Gasteiger partial charge in [0.2, 0.25) is 0 Å². The van der Waals surface area contributed by atoms with Gasteiger partial charge in [-0.05, 0) is 43.3 Å². The van der Waals surface area contributed by atoms with Crippen molar-refractivity contribution in [3.8, 4) is 12.3 Å². The number of rotatable bonds is 7. The number of likely N-dealkylation sites (N-methyl/N-ethyl adjacent to an activating group) is 1. The lowest BCUT2D eigenvalue weighted by molar-refractivity contribution is -0.128. The van der Waals surface area contributed by atoms with Crippen LogP contribution in [0, 0.1) is 12.3 Å². The third-order valence-electron chi connectivity index (χ3n) is 5.83. The van der Waals surface area contributed by atoms with Gasteiger partial charge < -0.3 is 10.2 Å². The van der Waals surface area contributed by atoms with Crippen LogP contribution < -0.4 is 5.32 Å². The summed E-state index contributed by atoms with van der Waals surface area (Å²) in [6.07, 6.45) is 7.88. The third-order valence-corrected chi connectivity index (χ3v) is 6.95. The van der Waals surface area contributed by atoms with E-state index in [9.17, 15) is 4.79 Å². The maximum absolute atomic E-state index is 13.0. The Kier molecular flexibility index (Phi) is 6.54. The van der Waals surface area contributed by atoms with Crippen LogP contribution >= 0.6 is 11.3 Å². The molecule has 1 aromatic carbocycles. The first kappa shape index (κ1) is 22.0. The van der Waals surface area contributed by atoms with Gasteiger partial charge in [0, 0.05) is 34.8 Å². The van der Waals surface area contributed by atoms with Crippen LogP contribution in [0.25, 0.3) is 10.2 Å². The average Bonchev–Trinajstić information content (AvgIpc) is 3.20. The number of anilines is 2. The average molecular weight is 446 g/mol. The number of hydrogen-bond acceptors (Lipinski definition) is 6. The van der Waals surface area contributed by atoms with Crippen LogP contribution in [0.5, 0.6) is 0 Å². The number of carbonyl (C=O) groups excluding carboxylic acids is 1. The summed E-state index contributed by atoms with van der Waals surface area (Å²) in [7, 11) is 0. The van der Waals surface area contributed by atoms with E-state index in [4.69, 9.17) is 6.42 Å². The SMILES string of the molecule is C#Cc1cccc(Nc2ncnc3sc4c(c23)CCN(C(=O)C(=C)CN(CC)CC)C4)c1. The van der Waals surface area contributed by atoms with Crippen LogP contribution in [0.15, 0.2) is 42.7 Å². The highest BCUT2D eigenvalue weighted by atomic mass is 32.1. The van der Waals surface area contributed by atoms with Crippen molar-refractivity contribution in [2.24, 2.45) is 0 Å². The van der Waals surface area contributed by atoms with E-state index in [-0.39, 0.29) is 5.91 Å². The number of hydrogen-bond donors (Lipinski definition) is 1. The molecule has 1 aliphatic heterocycles. The topological polar surface area (TPSA) is 61.4 Å². The maximum atomic E-state index is 13.0. The van der Waals surface area contributed by atoms with Gasteiger partial charge in [0.05, 0.1) is 11.9 Å². The Morgan fingerprint density at radius 2 is 2.16 bits per heavy atom. The van der Waals surface area contributed by atoms with Gasteiger partial charge in [-0.25, -0.2) is 9.97 Å².